The SMILES string of the molecule is CCCNCc1ccc(SCC(=O)NC)cc1C. The highest BCUT2D eigenvalue weighted by Crippen LogP contribution is 2.21. The Morgan fingerprint density at radius 3 is 2.78 bits per heavy atom. The Bertz CT molecular complexity index is 393. The number of benzene rings is 1. The van der Waals surface area contributed by atoms with Crippen molar-refractivity contribution in [3.05, 3.63) is 29.3 Å². The summed E-state index contributed by atoms with van der Waals surface area (Å²) in [4.78, 5) is 12.3. The quantitative estimate of drug-likeness (QED) is 0.588. The van der Waals surface area contributed by atoms with Crippen LogP contribution in [0.3, 0.4) is 0 Å². The number of nitrogens with one attached hydrogen (secondary N) is 2. The molecule has 100 valence electrons. The van der Waals surface area contributed by atoms with Crippen molar-refractivity contribution >= 4 is 17.7 Å². The Kier molecular flexibility index (Phi) is 6.83. The summed E-state index contributed by atoms with van der Waals surface area (Å²) in [6, 6.07) is 6.38. The van der Waals surface area contributed by atoms with Crippen LogP contribution in [0, 0.1) is 6.92 Å². The Morgan fingerprint density at radius 1 is 1.39 bits per heavy atom. The van der Waals surface area contributed by atoms with Crippen molar-refractivity contribution in [3.8, 4) is 0 Å². The molecule has 0 saturated heterocycles. The van der Waals surface area contributed by atoms with Gasteiger partial charge in [0.15, 0.2) is 0 Å². The summed E-state index contributed by atoms with van der Waals surface area (Å²) in [5, 5.41) is 6.03. The lowest BCUT2D eigenvalue weighted by Crippen LogP contribution is -2.19. The van der Waals surface area contributed by atoms with E-state index < -0.39 is 0 Å². The molecule has 0 spiro atoms. The molecule has 2 N–H and O–H groups in total. The maximum absolute atomic E-state index is 11.2. The van der Waals surface area contributed by atoms with Crippen LogP contribution in [0.1, 0.15) is 24.5 Å². The van der Waals surface area contributed by atoms with Gasteiger partial charge in [0.05, 0.1) is 5.75 Å². The first-order valence-corrected chi connectivity index (χ1v) is 7.29. The van der Waals surface area contributed by atoms with Gasteiger partial charge in [0.2, 0.25) is 5.91 Å². The van der Waals surface area contributed by atoms with Gasteiger partial charge in [-0.25, -0.2) is 0 Å². The van der Waals surface area contributed by atoms with E-state index in [1.54, 1.807) is 18.8 Å². The van der Waals surface area contributed by atoms with Crippen LogP contribution in [0.25, 0.3) is 0 Å². The molecule has 0 saturated carbocycles. The lowest BCUT2D eigenvalue weighted by molar-refractivity contribution is -0.118. The normalized spacial score (nSPS) is 10.4. The van der Waals surface area contributed by atoms with E-state index in [2.05, 4.69) is 42.7 Å². The van der Waals surface area contributed by atoms with Gasteiger partial charge in [-0.05, 0) is 43.1 Å². The molecule has 4 heteroatoms. The van der Waals surface area contributed by atoms with Gasteiger partial charge in [0, 0.05) is 18.5 Å². The van der Waals surface area contributed by atoms with E-state index >= 15 is 0 Å². The van der Waals surface area contributed by atoms with E-state index in [9.17, 15) is 4.79 Å². The zero-order valence-electron chi connectivity index (χ0n) is 11.4. The number of carbonyl (C=O) groups is 1. The van der Waals surface area contributed by atoms with Crippen molar-refractivity contribution in [1.29, 1.82) is 0 Å². The Hall–Kier alpha value is -1.00. The van der Waals surface area contributed by atoms with Crippen molar-refractivity contribution in [2.45, 2.75) is 31.7 Å². The Labute approximate surface area is 114 Å². The third kappa shape index (κ3) is 5.10. The fourth-order valence-electron chi connectivity index (χ4n) is 1.58. The standard InChI is InChI=1S/C14H22N2OS/c1-4-7-16-9-12-5-6-13(8-11(12)2)18-10-14(17)15-3/h5-6,8,16H,4,7,9-10H2,1-3H3,(H,15,17). The second-order valence-corrected chi connectivity index (χ2v) is 5.28. The number of amides is 1. The van der Waals surface area contributed by atoms with E-state index in [0.717, 1.165) is 24.4 Å². The smallest absolute Gasteiger partial charge is 0.230 e. The summed E-state index contributed by atoms with van der Waals surface area (Å²) in [7, 11) is 1.66. The van der Waals surface area contributed by atoms with Gasteiger partial charge < -0.3 is 10.6 Å². The first kappa shape index (κ1) is 15.1. The molecule has 0 heterocycles. The van der Waals surface area contributed by atoms with Gasteiger partial charge >= 0.3 is 0 Å². The second-order valence-electron chi connectivity index (χ2n) is 4.23. The number of hydrogen-bond donors (Lipinski definition) is 2. The number of thioether (sulfide) groups is 1. The molecular weight excluding hydrogens is 244 g/mol. The number of rotatable bonds is 7. The van der Waals surface area contributed by atoms with Gasteiger partial charge in [0.25, 0.3) is 0 Å². The molecule has 0 aliphatic carbocycles. The van der Waals surface area contributed by atoms with Crippen LogP contribution in [-0.2, 0) is 11.3 Å². The van der Waals surface area contributed by atoms with Gasteiger partial charge in [-0.3, -0.25) is 4.79 Å². The molecule has 3 nitrogen and oxygen atoms in total. The average molecular weight is 266 g/mol. The van der Waals surface area contributed by atoms with Crippen molar-refractivity contribution < 1.29 is 4.79 Å². The van der Waals surface area contributed by atoms with Crippen molar-refractivity contribution in [2.75, 3.05) is 19.3 Å². The lowest BCUT2D eigenvalue weighted by atomic mass is 10.1. The average Bonchev–Trinajstić information content (AvgIpc) is 2.38. The van der Waals surface area contributed by atoms with Crippen LogP contribution >= 0.6 is 11.8 Å². The van der Waals surface area contributed by atoms with Crippen molar-refractivity contribution in [1.82, 2.24) is 10.6 Å². The molecule has 1 rings (SSSR count). The minimum atomic E-state index is 0.0614. The molecule has 0 atom stereocenters. The van der Waals surface area contributed by atoms with Crippen LogP contribution in [0.4, 0.5) is 0 Å². The molecule has 1 aromatic carbocycles. The number of aryl methyl sites for hydroxylation is 1. The third-order valence-corrected chi connectivity index (χ3v) is 3.70. The predicted molar refractivity (Wildman–Crippen MR) is 78.0 cm³/mol. The predicted octanol–water partition coefficient (Wildman–Crippen LogP) is 2.33. The fraction of sp³-hybridized carbons (Fsp3) is 0.500. The van der Waals surface area contributed by atoms with Gasteiger partial charge in [0.1, 0.15) is 0 Å². The molecule has 1 aromatic rings. The van der Waals surface area contributed by atoms with Crippen molar-refractivity contribution in [3.63, 3.8) is 0 Å². The molecule has 0 aliphatic heterocycles. The molecule has 0 unspecified atom stereocenters. The summed E-state index contributed by atoms with van der Waals surface area (Å²) in [5.41, 5.74) is 2.60. The molecule has 0 fully saturated rings. The molecule has 0 aliphatic rings. The molecule has 0 aromatic heterocycles. The minimum Gasteiger partial charge on any atom is -0.358 e. The van der Waals surface area contributed by atoms with Crippen LogP contribution in [0.5, 0.6) is 0 Å². The topological polar surface area (TPSA) is 41.1 Å². The van der Waals surface area contributed by atoms with Crippen LogP contribution < -0.4 is 10.6 Å². The Morgan fingerprint density at radius 2 is 2.17 bits per heavy atom. The van der Waals surface area contributed by atoms with Gasteiger partial charge in [-0.1, -0.05) is 13.0 Å². The molecular formula is C14H22N2OS. The minimum absolute atomic E-state index is 0.0614. The highest BCUT2D eigenvalue weighted by Gasteiger charge is 2.03. The fourth-order valence-corrected chi connectivity index (χ4v) is 2.44. The Balaban J connectivity index is 2.53. The first-order valence-electron chi connectivity index (χ1n) is 6.31. The molecule has 0 bridgehead atoms. The van der Waals surface area contributed by atoms with E-state index in [1.807, 2.05) is 0 Å². The van der Waals surface area contributed by atoms with E-state index in [0.29, 0.717) is 5.75 Å². The third-order valence-electron chi connectivity index (χ3n) is 2.71. The second kappa shape index (κ2) is 8.16. The molecule has 1 amide bonds. The van der Waals surface area contributed by atoms with E-state index in [4.69, 9.17) is 0 Å². The summed E-state index contributed by atoms with van der Waals surface area (Å²) in [6.07, 6.45) is 1.15. The van der Waals surface area contributed by atoms with Crippen LogP contribution in [0.2, 0.25) is 0 Å². The highest BCUT2D eigenvalue weighted by molar-refractivity contribution is 8.00. The van der Waals surface area contributed by atoms with Crippen LogP contribution in [0.15, 0.2) is 23.1 Å². The number of carbonyl (C=O) groups excluding carboxylic acids is 1. The molecule has 0 radical (unpaired) electrons. The van der Waals surface area contributed by atoms with Gasteiger partial charge in [-0.2, -0.15) is 0 Å². The van der Waals surface area contributed by atoms with Crippen molar-refractivity contribution in [2.24, 2.45) is 0 Å². The molecule has 18 heavy (non-hydrogen) atoms. The van der Waals surface area contributed by atoms with E-state index in [1.165, 1.54) is 11.1 Å². The highest BCUT2D eigenvalue weighted by atomic mass is 32.2. The zero-order valence-corrected chi connectivity index (χ0v) is 12.2. The maximum atomic E-state index is 11.2. The largest absolute Gasteiger partial charge is 0.358 e. The summed E-state index contributed by atoms with van der Waals surface area (Å²) < 4.78 is 0. The van der Waals surface area contributed by atoms with Crippen LogP contribution in [-0.4, -0.2) is 25.3 Å². The monoisotopic (exact) mass is 266 g/mol. The number of hydrogen-bond acceptors (Lipinski definition) is 3. The maximum Gasteiger partial charge on any atom is 0.230 e. The lowest BCUT2D eigenvalue weighted by Gasteiger charge is -2.09. The van der Waals surface area contributed by atoms with Gasteiger partial charge in [-0.15, -0.1) is 11.8 Å². The first-order chi connectivity index (χ1) is 8.67. The zero-order chi connectivity index (χ0) is 13.4. The summed E-state index contributed by atoms with van der Waals surface area (Å²) >= 11 is 1.57. The van der Waals surface area contributed by atoms with E-state index in [-0.39, 0.29) is 5.91 Å². The summed E-state index contributed by atoms with van der Waals surface area (Å²) in [5.74, 6) is 0.537. The summed E-state index contributed by atoms with van der Waals surface area (Å²) in [6.45, 7) is 6.25.